The molecule has 2 aromatic rings. The van der Waals surface area contributed by atoms with Gasteiger partial charge in [-0.3, -0.25) is 0 Å². The highest BCUT2D eigenvalue weighted by Crippen LogP contribution is 2.30. The van der Waals surface area contributed by atoms with Gasteiger partial charge in [-0.1, -0.05) is 24.6 Å². The van der Waals surface area contributed by atoms with E-state index >= 15 is 0 Å². The molecule has 0 aliphatic carbocycles. The summed E-state index contributed by atoms with van der Waals surface area (Å²) in [4.78, 5) is 11.1. The summed E-state index contributed by atoms with van der Waals surface area (Å²) in [6, 6.07) is 4.53. The average Bonchev–Trinajstić information content (AvgIpc) is 2.82. The maximum absolute atomic E-state index is 12.7. The van der Waals surface area contributed by atoms with E-state index in [0.29, 0.717) is 12.8 Å². The Labute approximate surface area is 118 Å². The molecule has 8 heteroatoms. The van der Waals surface area contributed by atoms with E-state index in [2.05, 4.69) is 10.3 Å². The molecule has 1 N–H and O–H groups in total. The van der Waals surface area contributed by atoms with E-state index in [0.717, 1.165) is 16.8 Å². The minimum absolute atomic E-state index is 0.133. The van der Waals surface area contributed by atoms with Crippen LogP contribution in [-0.4, -0.2) is 26.1 Å². The Morgan fingerprint density at radius 3 is 2.67 bits per heavy atom. The highest BCUT2D eigenvalue weighted by molar-refractivity contribution is 5.86. The van der Waals surface area contributed by atoms with Gasteiger partial charge >= 0.3 is 12.1 Å². The van der Waals surface area contributed by atoms with Crippen LogP contribution < -0.4 is 0 Å². The minimum atomic E-state index is -4.48. The van der Waals surface area contributed by atoms with Crippen LogP contribution in [0.3, 0.4) is 0 Å². The summed E-state index contributed by atoms with van der Waals surface area (Å²) in [7, 11) is 0. The SMILES string of the molecule is CCCc1c(C(=O)O)nnn1-c1cccc(C(F)(F)F)c1. The van der Waals surface area contributed by atoms with Gasteiger partial charge < -0.3 is 5.11 Å². The normalized spacial score (nSPS) is 11.6. The molecule has 0 fully saturated rings. The van der Waals surface area contributed by atoms with Gasteiger partial charge in [0, 0.05) is 0 Å². The summed E-state index contributed by atoms with van der Waals surface area (Å²) in [5.41, 5.74) is -0.651. The van der Waals surface area contributed by atoms with E-state index < -0.39 is 17.7 Å². The highest BCUT2D eigenvalue weighted by Gasteiger charge is 2.31. The van der Waals surface area contributed by atoms with Crippen LogP contribution >= 0.6 is 0 Å². The number of carbonyl (C=O) groups is 1. The second-order valence-corrected chi connectivity index (χ2v) is 4.40. The van der Waals surface area contributed by atoms with Crippen LogP contribution in [0.25, 0.3) is 5.69 Å². The number of nitrogens with zero attached hydrogens (tertiary/aromatic N) is 3. The molecular formula is C13H12F3N3O2. The Morgan fingerprint density at radius 2 is 2.10 bits per heavy atom. The average molecular weight is 299 g/mol. The van der Waals surface area contributed by atoms with Gasteiger partial charge in [0.2, 0.25) is 0 Å². The van der Waals surface area contributed by atoms with Crippen molar-refractivity contribution in [3.8, 4) is 5.69 Å². The monoisotopic (exact) mass is 299 g/mol. The predicted octanol–water partition coefficient (Wildman–Crippen LogP) is 2.94. The van der Waals surface area contributed by atoms with Crippen LogP contribution in [0.5, 0.6) is 0 Å². The number of aromatic carboxylic acids is 1. The Kier molecular flexibility index (Phi) is 3.97. The third-order valence-electron chi connectivity index (χ3n) is 2.87. The Bertz CT molecular complexity index is 665. The number of carboxylic acids is 1. The first-order valence-corrected chi connectivity index (χ1v) is 6.20. The fourth-order valence-corrected chi connectivity index (χ4v) is 1.95. The van der Waals surface area contributed by atoms with Crippen LogP contribution in [0, 0.1) is 0 Å². The molecule has 1 aromatic carbocycles. The molecule has 0 bridgehead atoms. The summed E-state index contributed by atoms with van der Waals surface area (Å²) in [5.74, 6) is -1.25. The first kappa shape index (κ1) is 15.0. The van der Waals surface area contributed by atoms with Crippen molar-refractivity contribution in [1.82, 2.24) is 15.0 Å². The van der Waals surface area contributed by atoms with Crippen molar-refractivity contribution in [2.75, 3.05) is 0 Å². The van der Waals surface area contributed by atoms with Gasteiger partial charge in [0.15, 0.2) is 5.69 Å². The molecular weight excluding hydrogens is 287 g/mol. The van der Waals surface area contributed by atoms with Crippen LogP contribution in [0.4, 0.5) is 13.2 Å². The summed E-state index contributed by atoms with van der Waals surface area (Å²) in [6.45, 7) is 1.83. The van der Waals surface area contributed by atoms with Crippen molar-refractivity contribution in [2.24, 2.45) is 0 Å². The van der Waals surface area contributed by atoms with Gasteiger partial charge in [-0.25, -0.2) is 9.48 Å². The molecule has 0 radical (unpaired) electrons. The van der Waals surface area contributed by atoms with Crippen molar-refractivity contribution in [2.45, 2.75) is 25.9 Å². The number of carboxylic acid groups (broad SMARTS) is 1. The third-order valence-corrected chi connectivity index (χ3v) is 2.87. The molecule has 1 heterocycles. The predicted molar refractivity (Wildman–Crippen MR) is 67.3 cm³/mol. The van der Waals surface area contributed by atoms with E-state index in [1.807, 2.05) is 6.92 Å². The summed E-state index contributed by atoms with van der Waals surface area (Å²) in [5, 5.41) is 16.2. The lowest BCUT2D eigenvalue weighted by Gasteiger charge is -2.10. The molecule has 0 amide bonds. The molecule has 0 atom stereocenters. The van der Waals surface area contributed by atoms with Crippen molar-refractivity contribution < 1.29 is 23.1 Å². The molecule has 0 aliphatic rings. The molecule has 0 saturated carbocycles. The molecule has 0 aliphatic heterocycles. The largest absolute Gasteiger partial charge is 0.476 e. The number of aromatic nitrogens is 3. The van der Waals surface area contributed by atoms with Gasteiger partial charge in [-0.05, 0) is 24.6 Å². The standard InChI is InChI=1S/C13H12F3N3O2/c1-2-4-10-11(12(20)21)17-18-19(10)9-6-3-5-8(7-9)13(14,15)16/h3,5-7H,2,4H2,1H3,(H,20,21). The summed E-state index contributed by atoms with van der Waals surface area (Å²) in [6.07, 6.45) is -3.51. The molecule has 0 unspecified atom stereocenters. The number of alkyl halides is 3. The van der Waals surface area contributed by atoms with E-state index in [1.165, 1.54) is 12.1 Å². The van der Waals surface area contributed by atoms with Crippen molar-refractivity contribution in [3.63, 3.8) is 0 Å². The number of benzene rings is 1. The molecule has 0 spiro atoms. The Balaban J connectivity index is 2.54. The van der Waals surface area contributed by atoms with Crippen LogP contribution in [0.1, 0.15) is 35.1 Å². The quantitative estimate of drug-likeness (QED) is 0.942. The van der Waals surface area contributed by atoms with Gasteiger partial charge in [0.05, 0.1) is 16.9 Å². The zero-order valence-electron chi connectivity index (χ0n) is 11.1. The van der Waals surface area contributed by atoms with Crippen LogP contribution in [0.15, 0.2) is 24.3 Å². The number of rotatable bonds is 4. The fourth-order valence-electron chi connectivity index (χ4n) is 1.95. The van der Waals surface area contributed by atoms with Gasteiger partial charge in [-0.2, -0.15) is 13.2 Å². The fraction of sp³-hybridized carbons (Fsp3) is 0.308. The van der Waals surface area contributed by atoms with Crippen molar-refractivity contribution >= 4 is 5.97 Å². The first-order valence-electron chi connectivity index (χ1n) is 6.20. The van der Waals surface area contributed by atoms with Crippen LogP contribution in [-0.2, 0) is 12.6 Å². The van der Waals surface area contributed by atoms with E-state index in [4.69, 9.17) is 5.11 Å². The van der Waals surface area contributed by atoms with E-state index in [1.54, 1.807) is 0 Å². The van der Waals surface area contributed by atoms with Gasteiger partial charge in [0.1, 0.15) is 0 Å². The second-order valence-electron chi connectivity index (χ2n) is 4.40. The highest BCUT2D eigenvalue weighted by atomic mass is 19.4. The minimum Gasteiger partial charge on any atom is -0.476 e. The topological polar surface area (TPSA) is 68.0 Å². The third kappa shape index (κ3) is 3.04. The lowest BCUT2D eigenvalue weighted by Crippen LogP contribution is -2.09. The first-order chi connectivity index (χ1) is 9.84. The lowest BCUT2D eigenvalue weighted by molar-refractivity contribution is -0.137. The summed E-state index contributed by atoms with van der Waals surface area (Å²) < 4.78 is 39.3. The van der Waals surface area contributed by atoms with Gasteiger partial charge in [-0.15, -0.1) is 5.10 Å². The second kappa shape index (κ2) is 5.55. The van der Waals surface area contributed by atoms with Crippen molar-refractivity contribution in [3.05, 3.63) is 41.2 Å². The van der Waals surface area contributed by atoms with Crippen molar-refractivity contribution in [1.29, 1.82) is 0 Å². The number of hydrogen-bond acceptors (Lipinski definition) is 3. The lowest BCUT2D eigenvalue weighted by atomic mass is 10.1. The Morgan fingerprint density at radius 1 is 1.38 bits per heavy atom. The van der Waals surface area contributed by atoms with Gasteiger partial charge in [0.25, 0.3) is 0 Å². The van der Waals surface area contributed by atoms with Crippen LogP contribution in [0.2, 0.25) is 0 Å². The van der Waals surface area contributed by atoms with E-state index in [-0.39, 0.29) is 17.1 Å². The van der Waals surface area contributed by atoms with E-state index in [9.17, 15) is 18.0 Å². The molecule has 2 rings (SSSR count). The zero-order chi connectivity index (χ0) is 15.6. The maximum atomic E-state index is 12.7. The molecule has 0 saturated heterocycles. The molecule has 5 nitrogen and oxygen atoms in total. The molecule has 1 aromatic heterocycles. The maximum Gasteiger partial charge on any atom is 0.416 e. The summed E-state index contributed by atoms with van der Waals surface area (Å²) >= 11 is 0. The smallest absolute Gasteiger partial charge is 0.416 e. The number of hydrogen-bond donors (Lipinski definition) is 1. The Hall–Kier alpha value is -2.38. The zero-order valence-corrected chi connectivity index (χ0v) is 11.1. The molecule has 21 heavy (non-hydrogen) atoms. The molecule has 112 valence electrons. The number of halogens is 3.